The van der Waals surface area contributed by atoms with Gasteiger partial charge in [-0.15, -0.1) is 0 Å². The minimum absolute atomic E-state index is 0.0515. The van der Waals surface area contributed by atoms with Gasteiger partial charge in [-0.25, -0.2) is 9.98 Å². The summed E-state index contributed by atoms with van der Waals surface area (Å²) in [5, 5.41) is 12.8. The SMILES string of the molecule is COc1cc(/C=C2\S/C(=N/c3ccccn3)NC2=O)ccc1O. The summed E-state index contributed by atoms with van der Waals surface area (Å²) < 4.78 is 5.06. The third-order valence-corrected chi connectivity index (χ3v) is 3.93. The van der Waals surface area contributed by atoms with Crippen LogP contribution in [0.15, 0.2) is 52.5 Å². The highest BCUT2D eigenvalue weighted by Gasteiger charge is 2.24. The highest BCUT2D eigenvalue weighted by Crippen LogP contribution is 2.31. The molecule has 23 heavy (non-hydrogen) atoms. The second-order valence-corrected chi connectivity index (χ2v) is 5.63. The molecule has 1 aliphatic rings. The van der Waals surface area contributed by atoms with Crippen molar-refractivity contribution in [1.29, 1.82) is 0 Å². The van der Waals surface area contributed by atoms with Crippen molar-refractivity contribution in [3.8, 4) is 11.5 Å². The summed E-state index contributed by atoms with van der Waals surface area (Å²) in [5.41, 5.74) is 0.747. The summed E-state index contributed by atoms with van der Waals surface area (Å²) >= 11 is 1.23. The average Bonchev–Trinajstić information content (AvgIpc) is 2.89. The van der Waals surface area contributed by atoms with E-state index in [0.717, 1.165) is 5.56 Å². The van der Waals surface area contributed by atoms with Gasteiger partial charge in [0.05, 0.1) is 12.0 Å². The van der Waals surface area contributed by atoms with Gasteiger partial charge in [-0.05, 0) is 47.7 Å². The third-order valence-electron chi connectivity index (χ3n) is 3.02. The van der Waals surface area contributed by atoms with Crippen molar-refractivity contribution in [1.82, 2.24) is 10.3 Å². The van der Waals surface area contributed by atoms with E-state index in [0.29, 0.717) is 21.6 Å². The van der Waals surface area contributed by atoms with Crippen LogP contribution in [-0.4, -0.2) is 28.3 Å². The lowest BCUT2D eigenvalue weighted by molar-refractivity contribution is -0.115. The van der Waals surface area contributed by atoms with Gasteiger partial charge in [-0.3, -0.25) is 4.79 Å². The molecule has 2 N–H and O–H groups in total. The molecule has 2 heterocycles. The molecule has 116 valence electrons. The van der Waals surface area contributed by atoms with Gasteiger partial charge < -0.3 is 15.2 Å². The van der Waals surface area contributed by atoms with Gasteiger partial charge in [-0.2, -0.15) is 0 Å². The lowest BCUT2D eigenvalue weighted by atomic mass is 10.2. The van der Waals surface area contributed by atoms with Gasteiger partial charge in [0.15, 0.2) is 22.5 Å². The van der Waals surface area contributed by atoms with Crippen LogP contribution in [0.3, 0.4) is 0 Å². The largest absolute Gasteiger partial charge is 0.504 e. The molecule has 0 bridgehead atoms. The van der Waals surface area contributed by atoms with Crippen LogP contribution in [0.4, 0.5) is 5.82 Å². The van der Waals surface area contributed by atoms with Crippen LogP contribution in [0.1, 0.15) is 5.56 Å². The van der Waals surface area contributed by atoms with E-state index in [9.17, 15) is 9.90 Å². The van der Waals surface area contributed by atoms with Crippen molar-refractivity contribution in [3.63, 3.8) is 0 Å². The van der Waals surface area contributed by atoms with E-state index >= 15 is 0 Å². The molecule has 2 aromatic rings. The Morgan fingerprint density at radius 1 is 1.35 bits per heavy atom. The van der Waals surface area contributed by atoms with E-state index < -0.39 is 0 Å². The van der Waals surface area contributed by atoms with Crippen molar-refractivity contribution >= 4 is 34.7 Å². The number of phenolic OH excluding ortho intramolecular Hbond substituents is 1. The second-order valence-electron chi connectivity index (χ2n) is 4.60. The fraction of sp³-hybridized carbons (Fsp3) is 0.0625. The molecule has 1 aromatic carbocycles. The summed E-state index contributed by atoms with van der Waals surface area (Å²) in [6.07, 6.45) is 3.35. The molecule has 0 spiro atoms. The van der Waals surface area contributed by atoms with Crippen LogP contribution in [0.5, 0.6) is 11.5 Å². The lowest BCUT2D eigenvalue weighted by Crippen LogP contribution is -2.19. The molecular formula is C16H13N3O3S. The Labute approximate surface area is 136 Å². The van der Waals surface area contributed by atoms with E-state index in [1.165, 1.54) is 24.9 Å². The molecule has 0 saturated carbocycles. The molecule has 1 saturated heterocycles. The molecular weight excluding hydrogens is 314 g/mol. The smallest absolute Gasteiger partial charge is 0.264 e. The summed E-state index contributed by atoms with van der Waals surface area (Å²) in [7, 11) is 1.47. The predicted molar refractivity (Wildman–Crippen MR) is 89.7 cm³/mol. The summed E-state index contributed by atoms with van der Waals surface area (Å²) in [6.45, 7) is 0. The number of nitrogens with zero attached hydrogens (tertiary/aromatic N) is 2. The van der Waals surface area contributed by atoms with E-state index in [1.54, 1.807) is 36.5 Å². The maximum absolute atomic E-state index is 12.0. The Hall–Kier alpha value is -2.80. The average molecular weight is 327 g/mol. The molecule has 1 aromatic heterocycles. The molecule has 0 unspecified atom stereocenters. The van der Waals surface area contributed by atoms with Gasteiger partial charge in [0.25, 0.3) is 5.91 Å². The molecule has 0 aliphatic carbocycles. The molecule has 6 nitrogen and oxygen atoms in total. The number of nitrogens with one attached hydrogen (secondary N) is 1. The molecule has 1 fully saturated rings. The van der Waals surface area contributed by atoms with Crippen LogP contribution in [0.25, 0.3) is 6.08 Å². The number of aromatic hydroxyl groups is 1. The Kier molecular flexibility index (Phi) is 4.29. The number of carbonyl (C=O) groups excluding carboxylic acids is 1. The minimum Gasteiger partial charge on any atom is -0.504 e. The maximum Gasteiger partial charge on any atom is 0.264 e. The number of amides is 1. The van der Waals surface area contributed by atoms with Gasteiger partial charge >= 0.3 is 0 Å². The van der Waals surface area contributed by atoms with Crippen LogP contribution < -0.4 is 10.1 Å². The van der Waals surface area contributed by atoms with Gasteiger partial charge in [0, 0.05) is 6.20 Å². The lowest BCUT2D eigenvalue weighted by Gasteiger charge is -2.03. The van der Waals surface area contributed by atoms with E-state index in [1.807, 2.05) is 6.07 Å². The van der Waals surface area contributed by atoms with Crippen LogP contribution in [-0.2, 0) is 4.79 Å². The number of benzene rings is 1. The summed E-state index contributed by atoms with van der Waals surface area (Å²) in [6, 6.07) is 10.3. The highest BCUT2D eigenvalue weighted by molar-refractivity contribution is 8.18. The van der Waals surface area contributed by atoms with Crippen molar-refractivity contribution in [2.45, 2.75) is 0 Å². The third kappa shape index (κ3) is 3.51. The first-order chi connectivity index (χ1) is 11.2. The van der Waals surface area contributed by atoms with Crippen LogP contribution >= 0.6 is 11.8 Å². The topological polar surface area (TPSA) is 83.8 Å². The number of thioether (sulfide) groups is 1. The molecule has 0 radical (unpaired) electrons. The van der Waals surface area contributed by atoms with Gasteiger partial charge in [-0.1, -0.05) is 12.1 Å². The van der Waals surface area contributed by atoms with Crippen molar-refractivity contribution in [2.75, 3.05) is 7.11 Å². The first-order valence-corrected chi connectivity index (χ1v) is 7.55. The van der Waals surface area contributed by atoms with Crippen molar-refractivity contribution < 1.29 is 14.6 Å². The van der Waals surface area contributed by atoms with Gasteiger partial charge in [0.2, 0.25) is 0 Å². The molecule has 0 atom stereocenters. The van der Waals surface area contributed by atoms with Crippen LogP contribution in [0, 0.1) is 0 Å². The van der Waals surface area contributed by atoms with E-state index in [2.05, 4.69) is 15.3 Å². The van der Waals surface area contributed by atoms with Crippen LogP contribution in [0.2, 0.25) is 0 Å². The molecule has 3 rings (SSSR count). The van der Waals surface area contributed by atoms with E-state index in [-0.39, 0.29) is 11.7 Å². The first-order valence-electron chi connectivity index (χ1n) is 6.73. The number of hydrogen-bond donors (Lipinski definition) is 2. The zero-order chi connectivity index (χ0) is 16.2. The number of rotatable bonds is 3. The molecule has 1 aliphatic heterocycles. The summed E-state index contributed by atoms with van der Waals surface area (Å²) in [4.78, 5) is 20.9. The minimum atomic E-state index is -0.225. The molecule has 7 heteroatoms. The normalized spacial score (nSPS) is 17.5. The van der Waals surface area contributed by atoms with Gasteiger partial charge in [0.1, 0.15) is 0 Å². The van der Waals surface area contributed by atoms with E-state index in [4.69, 9.17) is 4.74 Å². The Morgan fingerprint density at radius 2 is 2.22 bits per heavy atom. The zero-order valence-electron chi connectivity index (χ0n) is 12.2. The number of aromatic nitrogens is 1. The fourth-order valence-electron chi connectivity index (χ4n) is 1.94. The number of ether oxygens (including phenoxy) is 1. The standard InChI is InChI=1S/C16H13N3O3S/c1-22-12-8-10(5-6-11(12)20)9-13-15(21)19-16(23-13)18-14-4-2-3-7-17-14/h2-9,20H,1H3,(H,17,18,19,21)/b13-9-. The number of carbonyl (C=O) groups is 1. The Balaban J connectivity index is 1.84. The number of pyridine rings is 1. The summed E-state index contributed by atoms with van der Waals surface area (Å²) in [5.74, 6) is 0.709. The monoisotopic (exact) mass is 327 g/mol. The predicted octanol–water partition coefficient (Wildman–Crippen LogP) is 2.69. The zero-order valence-corrected chi connectivity index (χ0v) is 13.0. The number of phenols is 1. The quantitative estimate of drug-likeness (QED) is 0.847. The fourth-order valence-corrected chi connectivity index (χ4v) is 2.77. The maximum atomic E-state index is 12.0. The van der Waals surface area contributed by atoms with Crippen molar-refractivity contribution in [3.05, 3.63) is 53.1 Å². The number of methoxy groups -OCH3 is 1. The molecule has 1 amide bonds. The number of hydrogen-bond acceptors (Lipinski definition) is 6. The van der Waals surface area contributed by atoms with Crippen molar-refractivity contribution in [2.24, 2.45) is 4.99 Å². The highest BCUT2D eigenvalue weighted by atomic mass is 32.2. The Bertz CT molecular complexity index is 803. The first kappa shape index (κ1) is 15.1. The Morgan fingerprint density at radius 3 is 2.96 bits per heavy atom. The second kappa shape index (κ2) is 6.53. The number of amidine groups is 1. The number of aliphatic imine (C=N–C) groups is 1.